The number of ether oxygens (including phenoxy) is 2. The Morgan fingerprint density at radius 3 is 2.20 bits per heavy atom. The van der Waals surface area contributed by atoms with Crippen molar-refractivity contribution in [3.8, 4) is 11.5 Å². The molecule has 0 atom stereocenters. The van der Waals surface area contributed by atoms with Crippen LogP contribution in [0.2, 0.25) is 0 Å². The second kappa shape index (κ2) is 8.34. The van der Waals surface area contributed by atoms with Gasteiger partial charge in [-0.3, -0.25) is 4.79 Å². The zero-order valence-electron chi connectivity index (χ0n) is 12.5. The third kappa shape index (κ3) is 4.01. The molecule has 4 nitrogen and oxygen atoms in total. The third-order valence-corrected chi connectivity index (χ3v) is 3.70. The zero-order chi connectivity index (χ0) is 15.1. The lowest BCUT2D eigenvalue weighted by Gasteiger charge is -2.20. The van der Waals surface area contributed by atoms with Crippen molar-refractivity contribution >= 4 is 28.5 Å². The van der Waals surface area contributed by atoms with Crippen LogP contribution in [0.1, 0.15) is 38.1 Å². The number of amides is 1. The van der Waals surface area contributed by atoms with Crippen molar-refractivity contribution in [1.82, 2.24) is 4.90 Å². The average molecular weight is 391 g/mol. The van der Waals surface area contributed by atoms with Crippen LogP contribution in [-0.2, 0) is 0 Å². The van der Waals surface area contributed by atoms with E-state index in [2.05, 4.69) is 22.6 Å². The van der Waals surface area contributed by atoms with Gasteiger partial charge in [-0.2, -0.15) is 0 Å². The van der Waals surface area contributed by atoms with Crippen LogP contribution in [0.25, 0.3) is 0 Å². The van der Waals surface area contributed by atoms with Gasteiger partial charge in [0.25, 0.3) is 5.91 Å². The van der Waals surface area contributed by atoms with Gasteiger partial charge in [-0.1, -0.05) is 0 Å². The molecule has 5 heteroatoms. The molecule has 0 aromatic heterocycles. The van der Waals surface area contributed by atoms with E-state index in [0.29, 0.717) is 43.4 Å². The Labute approximate surface area is 134 Å². The molecule has 0 unspecified atom stereocenters. The first-order chi connectivity index (χ1) is 9.58. The molecule has 0 radical (unpaired) electrons. The van der Waals surface area contributed by atoms with Gasteiger partial charge in [-0.15, -0.1) is 0 Å². The first-order valence-electron chi connectivity index (χ1n) is 6.97. The highest BCUT2D eigenvalue weighted by Crippen LogP contribution is 2.34. The normalized spacial score (nSPS) is 10.2. The van der Waals surface area contributed by atoms with E-state index in [4.69, 9.17) is 9.47 Å². The van der Waals surface area contributed by atoms with Crippen molar-refractivity contribution in [2.45, 2.75) is 27.7 Å². The summed E-state index contributed by atoms with van der Waals surface area (Å²) < 4.78 is 12.1. The number of hydrogen-bond acceptors (Lipinski definition) is 3. The SMILES string of the molecule is CCOc1cc(C(=O)N(CC)CC)cc(I)c1OCC. The van der Waals surface area contributed by atoms with Crippen molar-refractivity contribution in [1.29, 1.82) is 0 Å². The largest absolute Gasteiger partial charge is 0.490 e. The Bertz CT molecular complexity index is 459. The van der Waals surface area contributed by atoms with Gasteiger partial charge in [0.05, 0.1) is 16.8 Å². The molecular weight excluding hydrogens is 369 g/mol. The van der Waals surface area contributed by atoms with Gasteiger partial charge >= 0.3 is 0 Å². The van der Waals surface area contributed by atoms with Crippen molar-refractivity contribution in [2.24, 2.45) is 0 Å². The average Bonchev–Trinajstić information content (AvgIpc) is 2.43. The van der Waals surface area contributed by atoms with E-state index in [1.807, 2.05) is 33.8 Å². The van der Waals surface area contributed by atoms with Crippen LogP contribution in [0.4, 0.5) is 0 Å². The molecule has 0 aliphatic carbocycles. The highest BCUT2D eigenvalue weighted by molar-refractivity contribution is 14.1. The lowest BCUT2D eigenvalue weighted by atomic mass is 10.1. The second-order valence-corrected chi connectivity index (χ2v) is 5.29. The molecule has 112 valence electrons. The lowest BCUT2D eigenvalue weighted by Crippen LogP contribution is -2.30. The van der Waals surface area contributed by atoms with E-state index in [1.165, 1.54) is 0 Å². The van der Waals surface area contributed by atoms with Crippen LogP contribution in [0.3, 0.4) is 0 Å². The molecule has 0 spiro atoms. The van der Waals surface area contributed by atoms with Crippen LogP contribution in [-0.4, -0.2) is 37.1 Å². The molecule has 0 aliphatic heterocycles. The molecule has 0 saturated carbocycles. The number of hydrogen-bond donors (Lipinski definition) is 0. The Kier molecular flexibility index (Phi) is 7.12. The molecule has 1 aromatic carbocycles. The number of nitrogens with zero attached hydrogens (tertiary/aromatic N) is 1. The molecule has 0 bridgehead atoms. The zero-order valence-corrected chi connectivity index (χ0v) is 14.7. The molecule has 0 saturated heterocycles. The van der Waals surface area contributed by atoms with Crippen molar-refractivity contribution in [3.63, 3.8) is 0 Å². The Morgan fingerprint density at radius 1 is 1.10 bits per heavy atom. The monoisotopic (exact) mass is 391 g/mol. The molecule has 0 aliphatic rings. The van der Waals surface area contributed by atoms with Crippen molar-refractivity contribution in [3.05, 3.63) is 21.3 Å². The summed E-state index contributed by atoms with van der Waals surface area (Å²) in [4.78, 5) is 14.2. The van der Waals surface area contributed by atoms with Crippen LogP contribution in [0.5, 0.6) is 11.5 Å². The van der Waals surface area contributed by atoms with E-state index >= 15 is 0 Å². The van der Waals surface area contributed by atoms with Crippen LogP contribution >= 0.6 is 22.6 Å². The summed E-state index contributed by atoms with van der Waals surface area (Å²) in [5.74, 6) is 1.37. The minimum atomic E-state index is 0.0249. The second-order valence-electron chi connectivity index (χ2n) is 4.13. The minimum absolute atomic E-state index is 0.0249. The minimum Gasteiger partial charge on any atom is -0.490 e. The maximum absolute atomic E-state index is 12.4. The lowest BCUT2D eigenvalue weighted by molar-refractivity contribution is 0.0772. The predicted molar refractivity (Wildman–Crippen MR) is 88.7 cm³/mol. The third-order valence-electron chi connectivity index (χ3n) is 2.90. The van der Waals surface area contributed by atoms with Gasteiger partial charge in [0.2, 0.25) is 0 Å². The summed E-state index contributed by atoms with van der Waals surface area (Å²) in [6.07, 6.45) is 0. The van der Waals surface area contributed by atoms with Gasteiger partial charge in [0.15, 0.2) is 11.5 Å². The van der Waals surface area contributed by atoms with Gasteiger partial charge in [-0.05, 0) is 62.4 Å². The van der Waals surface area contributed by atoms with Gasteiger partial charge in [0.1, 0.15) is 0 Å². The molecule has 1 aromatic rings. The fourth-order valence-corrected chi connectivity index (χ4v) is 2.69. The number of carbonyl (C=O) groups excluding carboxylic acids is 1. The van der Waals surface area contributed by atoms with E-state index in [1.54, 1.807) is 11.0 Å². The van der Waals surface area contributed by atoms with E-state index in [9.17, 15) is 4.79 Å². The summed E-state index contributed by atoms with van der Waals surface area (Å²) in [6.45, 7) is 10.3. The molecule has 1 amide bonds. The fourth-order valence-electron chi connectivity index (χ4n) is 1.93. The molecule has 1 rings (SSSR count). The topological polar surface area (TPSA) is 38.8 Å². The fraction of sp³-hybridized carbons (Fsp3) is 0.533. The Morgan fingerprint density at radius 2 is 1.70 bits per heavy atom. The highest BCUT2D eigenvalue weighted by atomic mass is 127. The number of rotatable bonds is 7. The first-order valence-corrected chi connectivity index (χ1v) is 8.05. The van der Waals surface area contributed by atoms with Crippen molar-refractivity contribution < 1.29 is 14.3 Å². The number of benzene rings is 1. The standard InChI is InChI=1S/C15H22INO3/c1-5-17(6-2)15(18)11-9-12(16)14(20-8-4)13(10-11)19-7-3/h9-10H,5-8H2,1-4H3. The summed E-state index contributed by atoms with van der Waals surface area (Å²) >= 11 is 2.18. The molecule has 0 N–H and O–H groups in total. The van der Waals surface area contributed by atoms with E-state index in [-0.39, 0.29) is 5.91 Å². The molecule has 20 heavy (non-hydrogen) atoms. The van der Waals surface area contributed by atoms with Gasteiger partial charge in [0, 0.05) is 18.7 Å². The van der Waals surface area contributed by atoms with E-state index < -0.39 is 0 Å². The maximum atomic E-state index is 12.4. The summed E-state index contributed by atoms with van der Waals surface area (Å²) in [5.41, 5.74) is 0.644. The Balaban J connectivity index is 3.19. The Hall–Kier alpha value is -0.980. The first kappa shape index (κ1) is 17.1. The quantitative estimate of drug-likeness (QED) is 0.668. The number of halogens is 1. The maximum Gasteiger partial charge on any atom is 0.254 e. The molecular formula is C15H22INO3. The van der Waals surface area contributed by atoms with Crippen molar-refractivity contribution in [2.75, 3.05) is 26.3 Å². The summed E-state index contributed by atoms with van der Waals surface area (Å²) in [6, 6.07) is 3.63. The highest BCUT2D eigenvalue weighted by Gasteiger charge is 2.18. The summed E-state index contributed by atoms with van der Waals surface area (Å²) in [5, 5.41) is 0. The van der Waals surface area contributed by atoms with E-state index in [0.717, 1.165) is 3.57 Å². The predicted octanol–water partition coefficient (Wildman–Crippen LogP) is 3.57. The summed E-state index contributed by atoms with van der Waals surface area (Å²) in [7, 11) is 0. The smallest absolute Gasteiger partial charge is 0.254 e. The van der Waals surface area contributed by atoms with Gasteiger partial charge in [-0.25, -0.2) is 0 Å². The number of carbonyl (C=O) groups is 1. The molecule has 0 fully saturated rings. The van der Waals surface area contributed by atoms with Gasteiger partial charge < -0.3 is 14.4 Å². The van der Waals surface area contributed by atoms with Crippen LogP contribution in [0.15, 0.2) is 12.1 Å². The molecule has 0 heterocycles. The van der Waals surface area contributed by atoms with Crippen LogP contribution < -0.4 is 9.47 Å². The van der Waals surface area contributed by atoms with Crippen LogP contribution in [0, 0.1) is 3.57 Å².